The van der Waals surface area contributed by atoms with Crippen molar-refractivity contribution in [2.24, 2.45) is 17.8 Å². The Morgan fingerprint density at radius 1 is 0.413 bits per heavy atom. The summed E-state index contributed by atoms with van der Waals surface area (Å²) in [6.07, 6.45) is 6.95. The molecule has 28 heteroatoms. The summed E-state index contributed by atoms with van der Waals surface area (Å²) in [5.41, 5.74) is 7.91. The van der Waals surface area contributed by atoms with Crippen molar-refractivity contribution in [2.75, 3.05) is 97.2 Å². The highest BCUT2D eigenvalue weighted by atomic mass is 16.5. The molecule has 1 fully saturated rings. The number of rotatable bonds is 39. The molecule has 0 bridgehead atoms. The lowest BCUT2D eigenvalue weighted by Crippen LogP contribution is -2.49. The molecule has 6 aromatic carbocycles. The van der Waals surface area contributed by atoms with Crippen molar-refractivity contribution in [3.63, 3.8) is 0 Å². The van der Waals surface area contributed by atoms with E-state index in [1.54, 1.807) is 70.2 Å². The largest absolute Gasteiger partial charge is 0.496 e. The van der Waals surface area contributed by atoms with Crippen LogP contribution >= 0.6 is 0 Å². The molecule has 10 rings (SSSR count). The third kappa shape index (κ3) is 25.8. The molecule has 4 atom stereocenters. The van der Waals surface area contributed by atoms with Crippen LogP contribution in [0.15, 0.2) is 164 Å². The van der Waals surface area contributed by atoms with E-state index in [9.17, 15) is 38.4 Å². The Kier molecular flexibility index (Phi) is 36.3. The zero-order valence-corrected chi connectivity index (χ0v) is 73.0. The molecule has 6 amide bonds. The van der Waals surface area contributed by atoms with Crippen molar-refractivity contribution in [1.82, 2.24) is 60.0 Å². The standard InChI is InChI=1S/C32H42N4O4.C31H40N4O6.C30H38N4O6/c1-5-23(6-2)22-36-27(30-28(39-3)15-12-16-29(30)40-4)21-26(34-36)31(37)33-25(32(38)35-19-10-11-20-35)18-17-24-13-8-7-9-14-24;1-20(2)21(3)35-25(29-26(39-5)14-11-15-27(29)40-6)18-24(33-35)30(37)32-23(17-16-22-12-9-8-10-13-22)31(38)34(4)19-28(36)41-7;1-20(2)18-34-24(28-25(38-4)13-10-14-26(28)39-5)17-23(32-34)29(36)31-22(16-15-21-11-8-7-9-12-21)30(37)33(3)19-27(35)40-6/h7-9,12-16,21,23,25H,5-6,10-11,17-20,22H2,1-4H3,(H,33,37);8-15,18,20-21,23H,16-17,19H2,1-7H3,(H,32,37);7-14,17,20,22H,15-16,18-19H2,1-6H3,(H,31,36)/t25-;21?,23-;22-/m000/s1. The molecule has 648 valence electrons. The summed E-state index contributed by atoms with van der Waals surface area (Å²) in [6, 6.07) is 48.6. The molecule has 1 aliphatic heterocycles. The van der Waals surface area contributed by atoms with Crippen molar-refractivity contribution < 1.29 is 76.3 Å². The first-order chi connectivity index (χ1) is 58.3. The van der Waals surface area contributed by atoms with E-state index >= 15 is 0 Å². The number of aromatic nitrogens is 6. The number of carbonyl (C=O) groups excluding carboxylic acids is 8. The summed E-state index contributed by atoms with van der Waals surface area (Å²) < 4.78 is 48.7. The Morgan fingerprint density at radius 3 is 1.07 bits per heavy atom. The highest BCUT2D eigenvalue weighted by Crippen LogP contribution is 2.43. The van der Waals surface area contributed by atoms with Crippen LogP contribution in [0.4, 0.5) is 0 Å². The minimum Gasteiger partial charge on any atom is -0.496 e. The Bertz CT molecular complexity index is 4800. The van der Waals surface area contributed by atoms with Crippen LogP contribution in [0.1, 0.15) is 148 Å². The first kappa shape index (κ1) is 94.0. The van der Waals surface area contributed by atoms with Gasteiger partial charge in [-0.15, -0.1) is 0 Å². The second-order valence-electron chi connectivity index (χ2n) is 30.5. The lowest BCUT2D eigenvalue weighted by atomic mass is 10.0. The number of methoxy groups -OCH3 is 8. The molecule has 1 unspecified atom stereocenters. The quantitative estimate of drug-likeness (QED) is 0.0301. The van der Waals surface area contributed by atoms with E-state index in [4.69, 9.17) is 48.1 Å². The van der Waals surface area contributed by atoms with E-state index < -0.39 is 53.7 Å². The van der Waals surface area contributed by atoms with E-state index in [2.05, 4.69) is 62.6 Å². The van der Waals surface area contributed by atoms with Gasteiger partial charge in [-0.3, -0.25) is 52.4 Å². The van der Waals surface area contributed by atoms with Gasteiger partial charge in [-0.2, -0.15) is 15.3 Å². The summed E-state index contributed by atoms with van der Waals surface area (Å²) in [5.74, 6) is 1.14. The maximum absolute atomic E-state index is 13.7. The molecule has 1 saturated heterocycles. The monoisotopic (exact) mass is 1660 g/mol. The Balaban J connectivity index is 0.000000226. The van der Waals surface area contributed by atoms with E-state index in [0.29, 0.717) is 115 Å². The van der Waals surface area contributed by atoms with Gasteiger partial charge in [0.15, 0.2) is 17.1 Å². The number of nitrogens with zero attached hydrogens (tertiary/aromatic N) is 9. The maximum Gasteiger partial charge on any atom is 0.325 e. The molecule has 0 radical (unpaired) electrons. The van der Waals surface area contributed by atoms with Crippen molar-refractivity contribution in [1.29, 1.82) is 0 Å². The predicted octanol–water partition coefficient (Wildman–Crippen LogP) is 13.1. The Hall–Kier alpha value is -12.5. The molecule has 3 N–H and O–H groups in total. The zero-order chi connectivity index (χ0) is 87.8. The average molecular weight is 1660 g/mol. The van der Waals surface area contributed by atoms with Crippen molar-refractivity contribution in [3.8, 4) is 68.3 Å². The maximum atomic E-state index is 13.7. The van der Waals surface area contributed by atoms with Crippen LogP contribution in [0.2, 0.25) is 0 Å². The molecule has 9 aromatic rings. The summed E-state index contributed by atoms with van der Waals surface area (Å²) in [7, 11) is 15.1. The van der Waals surface area contributed by atoms with Crippen LogP contribution in [0.5, 0.6) is 34.5 Å². The predicted molar refractivity (Wildman–Crippen MR) is 464 cm³/mol. The van der Waals surface area contributed by atoms with Crippen LogP contribution in [0.25, 0.3) is 33.8 Å². The van der Waals surface area contributed by atoms with Gasteiger partial charge in [0.2, 0.25) is 17.7 Å². The fourth-order valence-electron chi connectivity index (χ4n) is 14.2. The number of ether oxygens (including phenoxy) is 8. The van der Waals surface area contributed by atoms with E-state index in [1.807, 2.05) is 162 Å². The molecule has 3 aromatic heterocycles. The van der Waals surface area contributed by atoms with Gasteiger partial charge in [-0.25, -0.2) is 0 Å². The van der Waals surface area contributed by atoms with Crippen LogP contribution < -0.4 is 44.4 Å². The van der Waals surface area contributed by atoms with E-state index in [-0.39, 0.29) is 59.9 Å². The zero-order valence-electron chi connectivity index (χ0n) is 73.0. The number of carbonyl (C=O) groups is 8. The molecule has 121 heavy (non-hydrogen) atoms. The molecule has 1 aliphatic rings. The minimum absolute atomic E-state index is 0.0233. The number of amides is 6. The average Bonchev–Trinajstić information content (AvgIpc) is 1.66. The van der Waals surface area contributed by atoms with Gasteiger partial charge >= 0.3 is 11.9 Å². The summed E-state index contributed by atoms with van der Waals surface area (Å²) in [6.45, 7) is 16.8. The lowest BCUT2D eigenvalue weighted by Gasteiger charge is -2.24. The van der Waals surface area contributed by atoms with Gasteiger partial charge in [0.05, 0.1) is 96.7 Å². The fourth-order valence-corrected chi connectivity index (χ4v) is 14.2. The van der Waals surface area contributed by atoms with Crippen molar-refractivity contribution in [2.45, 2.75) is 150 Å². The lowest BCUT2D eigenvalue weighted by molar-refractivity contribution is -0.146. The number of hydrogen-bond donors (Lipinski definition) is 3. The van der Waals surface area contributed by atoms with Crippen LogP contribution in [0.3, 0.4) is 0 Å². The van der Waals surface area contributed by atoms with Gasteiger partial charge in [0.25, 0.3) is 17.7 Å². The van der Waals surface area contributed by atoms with Crippen molar-refractivity contribution in [3.05, 3.63) is 198 Å². The SMILES string of the molecule is CCC(CC)Cn1nc(C(=O)N[C@@H](CCc2ccccc2)C(=O)N2CCCC2)cc1-c1c(OC)cccc1OC.COC(=O)CN(C)C(=O)[C@H](CCc1ccccc1)NC(=O)c1cc(-c2c(OC)cccc2OC)n(C(C)C(C)C)n1.COC(=O)CN(C)C(=O)[C@H](CCc1ccccc1)NC(=O)c1cc(-c2c(OC)cccc2OC)n(CC(C)C)n1. The normalized spacial score (nSPS) is 12.6. The minimum atomic E-state index is -0.894. The third-order valence-electron chi connectivity index (χ3n) is 21.4. The third-order valence-corrected chi connectivity index (χ3v) is 21.4. The van der Waals surface area contributed by atoms with Gasteiger partial charge in [0, 0.05) is 40.3 Å². The summed E-state index contributed by atoms with van der Waals surface area (Å²) in [5, 5.41) is 22.8. The molecular weight excluding hydrogens is 1540 g/mol. The molecular formula is C93H120N12O16. The molecule has 4 heterocycles. The highest BCUT2D eigenvalue weighted by Gasteiger charge is 2.34. The van der Waals surface area contributed by atoms with Gasteiger partial charge in [0.1, 0.15) is 65.7 Å². The van der Waals surface area contributed by atoms with Crippen molar-refractivity contribution >= 4 is 47.4 Å². The molecule has 0 spiro atoms. The summed E-state index contributed by atoms with van der Waals surface area (Å²) in [4.78, 5) is 109. The van der Waals surface area contributed by atoms with E-state index in [1.165, 1.54) is 38.1 Å². The first-order valence-corrected chi connectivity index (χ1v) is 41.1. The number of nitrogens with one attached hydrogen (secondary N) is 3. The van der Waals surface area contributed by atoms with Crippen LogP contribution in [0, 0.1) is 17.8 Å². The summed E-state index contributed by atoms with van der Waals surface area (Å²) >= 11 is 0. The topological polar surface area (TPSA) is 310 Å². The Labute approximate surface area is 710 Å². The number of esters is 2. The number of hydrogen-bond acceptors (Lipinski definition) is 19. The fraction of sp³-hybridized carbons (Fsp3) is 0.430. The van der Waals surface area contributed by atoms with Crippen LogP contribution in [-0.4, -0.2) is 207 Å². The molecule has 28 nitrogen and oxygen atoms in total. The molecule has 0 saturated carbocycles. The number of benzene rings is 6. The smallest absolute Gasteiger partial charge is 0.325 e. The van der Waals surface area contributed by atoms with Gasteiger partial charge in [-0.1, -0.05) is 164 Å². The number of likely N-dealkylation sites (N-methyl/N-ethyl adjacent to an activating group) is 2. The van der Waals surface area contributed by atoms with Gasteiger partial charge in [-0.05, 0) is 147 Å². The molecule has 0 aliphatic carbocycles. The van der Waals surface area contributed by atoms with E-state index in [0.717, 1.165) is 66.7 Å². The van der Waals surface area contributed by atoms with Gasteiger partial charge < -0.3 is 68.5 Å². The number of aryl methyl sites for hydroxylation is 3. The number of likely N-dealkylation sites (tertiary alicyclic amines) is 1. The highest BCUT2D eigenvalue weighted by molar-refractivity contribution is 6.00. The first-order valence-electron chi connectivity index (χ1n) is 41.1. The van der Waals surface area contributed by atoms with Crippen LogP contribution in [-0.2, 0) is 65.8 Å². The second-order valence-corrected chi connectivity index (χ2v) is 30.5. The second kappa shape index (κ2) is 46.8. The Morgan fingerprint density at radius 2 is 0.736 bits per heavy atom.